The second-order valence-electron chi connectivity index (χ2n) is 6.95. The van der Waals surface area contributed by atoms with Crippen molar-refractivity contribution in [2.45, 2.75) is 31.7 Å². The molecule has 5 nitrogen and oxygen atoms in total. The summed E-state index contributed by atoms with van der Waals surface area (Å²) in [6.45, 7) is 4.45. The fourth-order valence-corrected chi connectivity index (χ4v) is 4.61. The highest BCUT2D eigenvalue weighted by Gasteiger charge is 2.43. The van der Waals surface area contributed by atoms with E-state index in [0.29, 0.717) is 6.61 Å². The van der Waals surface area contributed by atoms with Gasteiger partial charge < -0.3 is 9.30 Å². The lowest BCUT2D eigenvalue weighted by molar-refractivity contribution is -0.0821. The van der Waals surface area contributed by atoms with Gasteiger partial charge in [-0.25, -0.2) is 4.98 Å². The van der Waals surface area contributed by atoms with Crippen LogP contribution in [0.4, 0.5) is 0 Å². The first-order valence-corrected chi connectivity index (χ1v) is 9.58. The molecule has 2 aliphatic heterocycles. The van der Waals surface area contributed by atoms with Gasteiger partial charge in [0.05, 0.1) is 18.4 Å². The monoisotopic (exact) mass is 352 g/mol. The van der Waals surface area contributed by atoms with E-state index in [1.54, 1.807) is 11.3 Å². The highest BCUT2D eigenvalue weighted by Crippen LogP contribution is 2.35. The van der Waals surface area contributed by atoms with Crippen molar-refractivity contribution in [1.29, 1.82) is 0 Å². The molecule has 0 radical (unpaired) electrons. The van der Waals surface area contributed by atoms with Gasteiger partial charge in [-0.1, -0.05) is 6.07 Å². The number of hydrogen-bond donors (Lipinski definition) is 0. The molecule has 3 aromatic heterocycles. The standard InChI is InChI=1S/C19H20N4OS/c1-2-15(8-20-5-1)10-22-6-4-19(13-22)14-23-17(16-3-7-25-12-16)9-21-18(23)11-24-19/h1-3,5,7-9,12H,4,6,10-11,13-14H2. The lowest BCUT2D eigenvalue weighted by Gasteiger charge is -2.35. The Balaban J connectivity index is 1.36. The number of nitrogens with zero attached hydrogens (tertiary/aromatic N) is 4. The number of fused-ring (bicyclic) bond motifs is 1. The van der Waals surface area contributed by atoms with Gasteiger partial charge in [0.25, 0.3) is 0 Å². The molecule has 0 aliphatic carbocycles. The lowest BCUT2D eigenvalue weighted by atomic mass is 10.0. The SMILES string of the molecule is c1cncc(CN2CCC3(C2)Cn2c(-c4ccsc4)cnc2CO3)c1. The van der Waals surface area contributed by atoms with Crippen LogP contribution in [0.15, 0.2) is 47.5 Å². The van der Waals surface area contributed by atoms with Crippen LogP contribution in [0, 0.1) is 0 Å². The minimum absolute atomic E-state index is 0.0965. The largest absolute Gasteiger partial charge is 0.364 e. The molecule has 0 aromatic carbocycles. The van der Waals surface area contributed by atoms with Crippen LogP contribution in [0.1, 0.15) is 17.8 Å². The summed E-state index contributed by atoms with van der Waals surface area (Å²) in [4.78, 5) is 11.3. The van der Waals surface area contributed by atoms with E-state index in [2.05, 4.69) is 42.3 Å². The zero-order valence-electron chi connectivity index (χ0n) is 14.0. The van der Waals surface area contributed by atoms with Crippen LogP contribution in [0.3, 0.4) is 0 Å². The van der Waals surface area contributed by atoms with Crippen LogP contribution in [0.2, 0.25) is 0 Å². The van der Waals surface area contributed by atoms with Crippen molar-refractivity contribution < 1.29 is 4.74 Å². The van der Waals surface area contributed by atoms with Crippen molar-refractivity contribution in [1.82, 2.24) is 19.4 Å². The van der Waals surface area contributed by atoms with Crippen molar-refractivity contribution in [3.05, 3.63) is 58.9 Å². The summed E-state index contributed by atoms with van der Waals surface area (Å²) in [5, 5.41) is 4.31. The van der Waals surface area contributed by atoms with E-state index < -0.39 is 0 Å². The zero-order valence-corrected chi connectivity index (χ0v) is 14.8. The van der Waals surface area contributed by atoms with E-state index in [1.165, 1.54) is 16.8 Å². The zero-order chi connectivity index (χ0) is 16.7. The third-order valence-corrected chi connectivity index (χ3v) is 5.92. The van der Waals surface area contributed by atoms with Gasteiger partial charge in [0.2, 0.25) is 0 Å². The molecular formula is C19H20N4OS. The summed E-state index contributed by atoms with van der Waals surface area (Å²) in [7, 11) is 0. The third-order valence-electron chi connectivity index (χ3n) is 5.23. The molecule has 1 saturated heterocycles. The van der Waals surface area contributed by atoms with Crippen LogP contribution in [-0.4, -0.2) is 38.1 Å². The number of hydrogen-bond acceptors (Lipinski definition) is 5. The fourth-order valence-electron chi connectivity index (χ4n) is 3.96. The molecule has 0 bridgehead atoms. The molecule has 128 valence electrons. The molecule has 1 spiro atoms. The Hall–Kier alpha value is -2.02. The summed E-state index contributed by atoms with van der Waals surface area (Å²) in [6.07, 6.45) is 6.83. The smallest absolute Gasteiger partial charge is 0.135 e. The maximum Gasteiger partial charge on any atom is 0.135 e. The van der Waals surface area contributed by atoms with Crippen LogP contribution < -0.4 is 0 Å². The summed E-state index contributed by atoms with van der Waals surface area (Å²) < 4.78 is 8.67. The van der Waals surface area contributed by atoms with E-state index in [0.717, 1.165) is 38.4 Å². The van der Waals surface area contributed by atoms with Gasteiger partial charge in [-0.05, 0) is 29.5 Å². The van der Waals surface area contributed by atoms with Gasteiger partial charge in [-0.15, -0.1) is 0 Å². The number of ether oxygens (including phenoxy) is 1. The Bertz CT molecular complexity index is 861. The molecule has 25 heavy (non-hydrogen) atoms. The highest BCUT2D eigenvalue weighted by molar-refractivity contribution is 7.08. The van der Waals surface area contributed by atoms with Crippen molar-refractivity contribution in [3.63, 3.8) is 0 Å². The first kappa shape index (κ1) is 15.3. The normalized spacial score (nSPS) is 23.2. The second-order valence-corrected chi connectivity index (χ2v) is 7.73. The van der Waals surface area contributed by atoms with Crippen molar-refractivity contribution >= 4 is 11.3 Å². The molecule has 0 N–H and O–H groups in total. The molecule has 1 fully saturated rings. The molecule has 2 aliphatic rings. The van der Waals surface area contributed by atoms with E-state index >= 15 is 0 Å². The average molecular weight is 352 g/mol. The summed E-state index contributed by atoms with van der Waals surface area (Å²) >= 11 is 1.73. The minimum Gasteiger partial charge on any atom is -0.364 e. The molecule has 0 amide bonds. The molecular weight excluding hydrogens is 332 g/mol. The first-order valence-electron chi connectivity index (χ1n) is 8.64. The summed E-state index contributed by atoms with van der Waals surface area (Å²) in [5.74, 6) is 1.04. The summed E-state index contributed by atoms with van der Waals surface area (Å²) in [5.41, 5.74) is 3.63. The van der Waals surface area contributed by atoms with Crippen LogP contribution >= 0.6 is 11.3 Å². The average Bonchev–Trinajstić information content (AvgIpc) is 3.36. The fraction of sp³-hybridized carbons (Fsp3) is 0.368. The van der Waals surface area contributed by atoms with E-state index in [1.807, 2.05) is 24.7 Å². The van der Waals surface area contributed by atoms with Crippen LogP contribution in [0.25, 0.3) is 11.3 Å². The van der Waals surface area contributed by atoms with E-state index in [4.69, 9.17) is 4.74 Å². The Morgan fingerprint density at radius 1 is 1.24 bits per heavy atom. The maximum absolute atomic E-state index is 6.31. The van der Waals surface area contributed by atoms with E-state index in [-0.39, 0.29) is 5.60 Å². The number of thiophene rings is 1. The van der Waals surface area contributed by atoms with Crippen molar-refractivity contribution in [2.75, 3.05) is 13.1 Å². The van der Waals surface area contributed by atoms with Gasteiger partial charge in [0.15, 0.2) is 0 Å². The number of likely N-dealkylation sites (tertiary alicyclic amines) is 1. The topological polar surface area (TPSA) is 43.2 Å². The Labute approximate surface area is 150 Å². The van der Waals surface area contributed by atoms with Gasteiger partial charge in [-0.2, -0.15) is 11.3 Å². The van der Waals surface area contributed by atoms with Gasteiger partial charge >= 0.3 is 0 Å². The Morgan fingerprint density at radius 2 is 2.24 bits per heavy atom. The maximum atomic E-state index is 6.31. The molecule has 3 aromatic rings. The predicted molar refractivity (Wildman–Crippen MR) is 97.2 cm³/mol. The number of pyridine rings is 1. The minimum atomic E-state index is -0.0965. The van der Waals surface area contributed by atoms with Crippen LogP contribution in [-0.2, 0) is 24.4 Å². The molecule has 1 atom stereocenters. The van der Waals surface area contributed by atoms with Gasteiger partial charge in [0, 0.05) is 43.0 Å². The molecule has 6 heteroatoms. The molecule has 1 unspecified atom stereocenters. The number of imidazole rings is 1. The van der Waals surface area contributed by atoms with E-state index in [9.17, 15) is 0 Å². The molecule has 0 saturated carbocycles. The number of rotatable bonds is 3. The van der Waals surface area contributed by atoms with Crippen molar-refractivity contribution in [3.8, 4) is 11.3 Å². The second kappa shape index (κ2) is 6.05. The summed E-state index contributed by atoms with van der Waals surface area (Å²) in [6, 6.07) is 6.31. The van der Waals surface area contributed by atoms with Gasteiger partial charge in [-0.3, -0.25) is 9.88 Å². The predicted octanol–water partition coefficient (Wildman–Crippen LogP) is 3.18. The lowest BCUT2D eigenvalue weighted by Crippen LogP contribution is -2.44. The Morgan fingerprint density at radius 3 is 3.08 bits per heavy atom. The quantitative estimate of drug-likeness (QED) is 0.726. The first-order chi connectivity index (χ1) is 12.3. The molecule has 5 heterocycles. The number of aromatic nitrogens is 3. The van der Waals surface area contributed by atoms with Gasteiger partial charge in [0.1, 0.15) is 18.0 Å². The molecule has 5 rings (SSSR count). The Kier molecular flexibility index (Phi) is 3.69. The highest BCUT2D eigenvalue weighted by atomic mass is 32.1. The van der Waals surface area contributed by atoms with Crippen molar-refractivity contribution in [2.24, 2.45) is 0 Å². The van der Waals surface area contributed by atoms with Crippen LogP contribution in [0.5, 0.6) is 0 Å². The third kappa shape index (κ3) is 2.80.